The molecule has 0 spiro atoms. The predicted octanol–water partition coefficient (Wildman–Crippen LogP) is 2.69. The molecule has 110 valence electrons. The van der Waals surface area contributed by atoms with Gasteiger partial charge in [0.05, 0.1) is 0 Å². The minimum atomic E-state index is 0.263. The summed E-state index contributed by atoms with van der Waals surface area (Å²) in [7, 11) is 1.97. The summed E-state index contributed by atoms with van der Waals surface area (Å²) in [5.41, 5.74) is 0.263. The Bertz CT molecular complexity index is 460. The zero-order valence-corrected chi connectivity index (χ0v) is 12.6. The average Bonchev–Trinajstić information content (AvgIpc) is 2.86. The SMILES string of the molecule is CNC(C)Cc1nc(C23CC4CC(CC(C4)C2)C3)no1. The third kappa shape index (κ3) is 2.00. The van der Waals surface area contributed by atoms with Gasteiger partial charge in [-0.3, -0.25) is 0 Å². The van der Waals surface area contributed by atoms with Gasteiger partial charge in [-0.25, -0.2) is 0 Å². The molecule has 4 heteroatoms. The van der Waals surface area contributed by atoms with Gasteiger partial charge in [0.1, 0.15) is 0 Å². The van der Waals surface area contributed by atoms with Gasteiger partial charge in [0.2, 0.25) is 5.89 Å². The number of likely N-dealkylation sites (N-methyl/N-ethyl adjacent to an activating group) is 1. The van der Waals surface area contributed by atoms with Gasteiger partial charge in [-0.2, -0.15) is 4.98 Å². The van der Waals surface area contributed by atoms with Crippen molar-refractivity contribution in [2.75, 3.05) is 7.05 Å². The van der Waals surface area contributed by atoms with Gasteiger partial charge < -0.3 is 9.84 Å². The molecule has 0 aromatic carbocycles. The van der Waals surface area contributed by atoms with Crippen LogP contribution in [0.3, 0.4) is 0 Å². The molecule has 5 rings (SSSR count). The van der Waals surface area contributed by atoms with Gasteiger partial charge in [0.15, 0.2) is 5.82 Å². The van der Waals surface area contributed by atoms with Crippen LogP contribution in [0.15, 0.2) is 4.52 Å². The zero-order chi connectivity index (χ0) is 13.7. The van der Waals surface area contributed by atoms with Crippen LogP contribution in [0.2, 0.25) is 0 Å². The van der Waals surface area contributed by atoms with Crippen LogP contribution in [0, 0.1) is 17.8 Å². The van der Waals surface area contributed by atoms with Crippen molar-refractivity contribution in [2.24, 2.45) is 17.8 Å². The molecule has 1 aromatic heterocycles. The lowest BCUT2D eigenvalue weighted by atomic mass is 9.49. The number of nitrogens with one attached hydrogen (secondary N) is 1. The Kier molecular flexibility index (Phi) is 2.92. The first-order chi connectivity index (χ1) is 9.67. The fourth-order valence-corrected chi connectivity index (χ4v) is 5.30. The van der Waals surface area contributed by atoms with E-state index in [2.05, 4.69) is 17.4 Å². The molecule has 4 saturated carbocycles. The molecular weight excluding hydrogens is 250 g/mol. The monoisotopic (exact) mass is 275 g/mol. The standard InChI is InChI=1S/C16H25N3O/c1-10(17-2)3-14-18-15(19-20-14)16-7-11-4-12(8-16)6-13(5-11)9-16/h10-13,17H,3-9H2,1-2H3. The highest BCUT2D eigenvalue weighted by molar-refractivity contribution is 5.16. The number of rotatable bonds is 4. The van der Waals surface area contributed by atoms with Gasteiger partial charge in [0, 0.05) is 17.9 Å². The third-order valence-corrected chi connectivity index (χ3v) is 5.95. The maximum atomic E-state index is 5.53. The lowest BCUT2D eigenvalue weighted by Gasteiger charge is -2.55. The second-order valence-corrected chi connectivity index (χ2v) is 7.60. The molecule has 0 radical (unpaired) electrons. The number of nitrogens with zero attached hydrogens (tertiary/aromatic N) is 2. The molecule has 1 heterocycles. The molecule has 0 saturated heterocycles. The largest absolute Gasteiger partial charge is 0.339 e. The van der Waals surface area contributed by atoms with Crippen molar-refractivity contribution in [2.45, 2.75) is 63.3 Å². The van der Waals surface area contributed by atoms with Crippen LogP contribution < -0.4 is 5.32 Å². The van der Waals surface area contributed by atoms with E-state index in [9.17, 15) is 0 Å². The summed E-state index contributed by atoms with van der Waals surface area (Å²) in [6.45, 7) is 2.15. The van der Waals surface area contributed by atoms with Crippen molar-refractivity contribution in [3.8, 4) is 0 Å². The Hall–Kier alpha value is -0.900. The first-order valence-electron chi connectivity index (χ1n) is 8.17. The van der Waals surface area contributed by atoms with E-state index in [-0.39, 0.29) is 5.41 Å². The molecule has 4 aliphatic carbocycles. The van der Waals surface area contributed by atoms with Crippen LogP contribution in [0.1, 0.15) is 57.2 Å². The molecule has 0 amide bonds. The summed E-state index contributed by atoms with van der Waals surface area (Å²) >= 11 is 0. The summed E-state index contributed by atoms with van der Waals surface area (Å²) in [6, 6.07) is 0.389. The summed E-state index contributed by atoms with van der Waals surface area (Å²) in [6.07, 6.45) is 9.12. The quantitative estimate of drug-likeness (QED) is 0.918. The van der Waals surface area contributed by atoms with Crippen LogP contribution >= 0.6 is 0 Å². The zero-order valence-electron chi connectivity index (χ0n) is 12.6. The lowest BCUT2D eigenvalue weighted by Crippen LogP contribution is -2.49. The van der Waals surface area contributed by atoms with Crippen LogP contribution in [-0.4, -0.2) is 23.2 Å². The Morgan fingerprint density at radius 1 is 1.20 bits per heavy atom. The smallest absolute Gasteiger partial charge is 0.228 e. The van der Waals surface area contributed by atoms with Crippen molar-refractivity contribution in [1.29, 1.82) is 0 Å². The Labute approximate surface area is 120 Å². The van der Waals surface area contributed by atoms with Crippen LogP contribution in [0.5, 0.6) is 0 Å². The first-order valence-corrected chi connectivity index (χ1v) is 8.17. The first kappa shape index (κ1) is 12.8. The maximum absolute atomic E-state index is 5.53. The Morgan fingerprint density at radius 2 is 1.80 bits per heavy atom. The molecule has 1 aromatic rings. The summed E-state index contributed by atoms with van der Waals surface area (Å²) in [5.74, 6) is 4.62. The van der Waals surface area contributed by atoms with Gasteiger partial charge in [-0.05, 0) is 70.3 Å². The number of hydrogen-bond donors (Lipinski definition) is 1. The van der Waals surface area contributed by atoms with Crippen molar-refractivity contribution in [3.05, 3.63) is 11.7 Å². The molecule has 4 aliphatic rings. The van der Waals surface area contributed by atoms with E-state index in [1.807, 2.05) is 7.05 Å². The average molecular weight is 275 g/mol. The molecule has 4 nitrogen and oxygen atoms in total. The molecule has 0 aliphatic heterocycles. The van der Waals surface area contributed by atoms with E-state index in [1.54, 1.807) is 0 Å². The number of hydrogen-bond acceptors (Lipinski definition) is 4. The van der Waals surface area contributed by atoms with Gasteiger partial charge in [-0.1, -0.05) is 5.16 Å². The second-order valence-electron chi connectivity index (χ2n) is 7.60. The fraction of sp³-hybridized carbons (Fsp3) is 0.875. The molecule has 20 heavy (non-hydrogen) atoms. The highest BCUT2D eigenvalue weighted by atomic mass is 16.5. The van der Waals surface area contributed by atoms with E-state index in [1.165, 1.54) is 38.5 Å². The highest BCUT2D eigenvalue weighted by Crippen LogP contribution is 2.60. The van der Waals surface area contributed by atoms with E-state index < -0.39 is 0 Å². The van der Waals surface area contributed by atoms with E-state index in [0.29, 0.717) is 6.04 Å². The molecule has 4 fully saturated rings. The Morgan fingerprint density at radius 3 is 2.35 bits per heavy atom. The molecule has 1 unspecified atom stereocenters. The van der Waals surface area contributed by atoms with Crippen LogP contribution in [-0.2, 0) is 11.8 Å². The highest BCUT2D eigenvalue weighted by Gasteiger charge is 2.53. The minimum absolute atomic E-state index is 0.263. The fourth-order valence-electron chi connectivity index (χ4n) is 5.30. The van der Waals surface area contributed by atoms with Gasteiger partial charge in [0.25, 0.3) is 0 Å². The van der Waals surface area contributed by atoms with Crippen molar-refractivity contribution < 1.29 is 4.52 Å². The molecule has 4 bridgehead atoms. The topological polar surface area (TPSA) is 51.0 Å². The summed E-state index contributed by atoms with van der Waals surface area (Å²) in [4.78, 5) is 4.77. The Balaban J connectivity index is 1.58. The minimum Gasteiger partial charge on any atom is -0.339 e. The maximum Gasteiger partial charge on any atom is 0.228 e. The predicted molar refractivity (Wildman–Crippen MR) is 76.4 cm³/mol. The van der Waals surface area contributed by atoms with Gasteiger partial charge in [-0.15, -0.1) is 0 Å². The van der Waals surface area contributed by atoms with Crippen LogP contribution in [0.25, 0.3) is 0 Å². The number of aromatic nitrogens is 2. The summed E-state index contributed by atoms with van der Waals surface area (Å²) < 4.78 is 5.53. The van der Waals surface area contributed by atoms with E-state index in [0.717, 1.165) is 35.9 Å². The van der Waals surface area contributed by atoms with E-state index >= 15 is 0 Å². The lowest BCUT2D eigenvalue weighted by molar-refractivity contribution is -0.0103. The molecule has 1 atom stereocenters. The van der Waals surface area contributed by atoms with Crippen molar-refractivity contribution >= 4 is 0 Å². The molecular formula is C16H25N3O. The third-order valence-electron chi connectivity index (χ3n) is 5.95. The normalized spacial score (nSPS) is 40.2. The van der Waals surface area contributed by atoms with Crippen LogP contribution in [0.4, 0.5) is 0 Å². The van der Waals surface area contributed by atoms with Gasteiger partial charge >= 0.3 is 0 Å². The van der Waals surface area contributed by atoms with E-state index in [4.69, 9.17) is 9.51 Å². The molecule has 1 N–H and O–H groups in total. The van der Waals surface area contributed by atoms with Crippen molar-refractivity contribution in [1.82, 2.24) is 15.5 Å². The second kappa shape index (κ2) is 4.55. The van der Waals surface area contributed by atoms with Crippen molar-refractivity contribution in [3.63, 3.8) is 0 Å². The summed E-state index contributed by atoms with van der Waals surface area (Å²) in [5, 5.41) is 7.61.